The Morgan fingerprint density at radius 3 is 1.71 bits per heavy atom. The molecule has 0 unspecified atom stereocenters. The van der Waals surface area contributed by atoms with E-state index >= 15 is 0 Å². The third kappa shape index (κ3) is 13.0. The molecule has 0 aliphatic rings. The number of unbranched alkanes of at least 4 members (excludes halogenated alkanes) is 13. The Balaban J connectivity index is 2.05. The predicted molar refractivity (Wildman–Crippen MR) is 134 cm³/mol. The topological polar surface area (TPSA) is 79.0 Å². The van der Waals surface area contributed by atoms with Crippen molar-refractivity contribution in [3.8, 4) is 0 Å². The normalized spacial score (nSPS) is 11.5. The lowest BCUT2D eigenvalue weighted by Crippen LogP contribution is -2.30. The summed E-state index contributed by atoms with van der Waals surface area (Å²) >= 11 is 0. The summed E-state index contributed by atoms with van der Waals surface area (Å²) < 4.78 is 0. The Labute approximate surface area is 190 Å². The first kappa shape index (κ1) is 26.9. The van der Waals surface area contributed by atoms with E-state index in [1.54, 1.807) is 13.0 Å². The maximum absolute atomic E-state index is 12.2. The van der Waals surface area contributed by atoms with E-state index in [1.807, 2.05) is 24.3 Å². The monoisotopic (exact) mass is 427 g/mol. The van der Waals surface area contributed by atoms with Crippen LogP contribution in [-0.2, 0) is 6.42 Å². The van der Waals surface area contributed by atoms with E-state index in [1.165, 1.54) is 95.5 Å². The molecule has 1 aromatic carbocycles. The van der Waals surface area contributed by atoms with Crippen molar-refractivity contribution < 1.29 is 4.79 Å². The maximum atomic E-state index is 12.2. The molecule has 0 fully saturated rings. The van der Waals surface area contributed by atoms with Gasteiger partial charge in [0.05, 0.1) is 5.70 Å². The quantitative estimate of drug-likeness (QED) is 0.131. The zero-order valence-electron chi connectivity index (χ0n) is 20.0. The van der Waals surface area contributed by atoms with Gasteiger partial charge in [-0.25, -0.2) is 0 Å². The van der Waals surface area contributed by atoms with E-state index < -0.39 is 0 Å². The fraction of sp³-hybridized carbons (Fsp3) is 0.630. The summed E-state index contributed by atoms with van der Waals surface area (Å²) in [5.74, 6) is -0.364. The summed E-state index contributed by atoms with van der Waals surface area (Å²) in [5.41, 5.74) is 7.65. The highest BCUT2D eigenvalue weighted by atomic mass is 16.1. The number of carbonyl (C=O) groups is 1. The van der Waals surface area contributed by atoms with Crippen LogP contribution in [0.25, 0.3) is 0 Å². The minimum absolute atomic E-state index is 0.134. The van der Waals surface area contributed by atoms with E-state index in [9.17, 15) is 4.79 Å². The SMILES string of the molecule is C/C=C(/NC(=O)c1ccc(CCCCCCCCCCCCCCCC)cc1)C(=N)N. The van der Waals surface area contributed by atoms with Gasteiger partial charge in [0.25, 0.3) is 5.91 Å². The van der Waals surface area contributed by atoms with Crippen LogP contribution in [0.1, 0.15) is 120 Å². The van der Waals surface area contributed by atoms with Crippen molar-refractivity contribution in [3.05, 3.63) is 47.2 Å². The van der Waals surface area contributed by atoms with Crippen molar-refractivity contribution >= 4 is 11.7 Å². The number of nitrogens with one attached hydrogen (secondary N) is 2. The largest absolute Gasteiger partial charge is 0.382 e. The van der Waals surface area contributed by atoms with Gasteiger partial charge in [0.1, 0.15) is 5.84 Å². The van der Waals surface area contributed by atoms with Gasteiger partial charge in [0, 0.05) is 5.56 Å². The molecule has 0 saturated heterocycles. The minimum Gasteiger partial charge on any atom is -0.382 e. The smallest absolute Gasteiger partial charge is 0.255 e. The van der Waals surface area contributed by atoms with Crippen LogP contribution in [0.2, 0.25) is 0 Å². The highest BCUT2D eigenvalue weighted by Crippen LogP contribution is 2.14. The Morgan fingerprint density at radius 1 is 0.839 bits per heavy atom. The second-order valence-corrected chi connectivity index (χ2v) is 8.61. The number of hydrogen-bond acceptors (Lipinski definition) is 2. The van der Waals surface area contributed by atoms with Gasteiger partial charge in [0.2, 0.25) is 0 Å². The molecule has 1 amide bonds. The molecule has 1 rings (SSSR count). The Kier molecular flexibility index (Phi) is 15.3. The van der Waals surface area contributed by atoms with Crippen LogP contribution in [0.5, 0.6) is 0 Å². The molecule has 0 bridgehead atoms. The van der Waals surface area contributed by atoms with Crippen molar-refractivity contribution in [2.24, 2.45) is 5.73 Å². The van der Waals surface area contributed by atoms with E-state index in [2.05, 4.69) is 12.2 Å². The van der Waals surface area contributed by atoms with Crippen LogP contribution in [0.15, 0.2) is 36.0 Å². The summed E-state index contributed by atoms with van der Waals surface area (Å²) in [5, 5.41) is 10.1. The number of aryl methyl sites for hydroxylation is 1. The van der Waals surface area contributed by atoms with Gasteiger partial charge in [-0.1, -0.05) is 109 Å². The molecule has 1 aromatic rings. The first-order chi connectivity index (χ1) is 15.1. The van der Waals surface area contributed by atoms with Crippen molar-refractivity contribution in [3.63, 3.8) is 0 Å². The van der Waals surface area contributed by atoms with Crippen LogP contribution in [-0.4, -0.2) is 11.7 Å². The van der Waals surface area contributed by atoms with E-state index in [-0.39, 0.29) is 11.7 Å². The first-order valence-corrected chi connectivity index (χ1v) is 12.5. The van der Waals surface area contributed by atoms with E-state index in [0.29, 0.717) is 11.3 Å². The summed E-state index contributed by atoms with van der Waals surface area (Å²) in [7, 11) is 0. The number of hydrogen-bond donors (Lipinski definition) is 3. The second kappa shape index (κ2) is 17.6. The molecule has 0 radical (unpaired) electrons. The Bertz CT molecular complexity index is 649. The Hall–Kier alpha value is -2.10. The molecular formula is C27H45N3O. The third-order valence-corrected chi connectivity index (χ3v) is 5.86. The van der Waals surface area contributed by atoms with Crippen molar-refractivity contribution in [2.45, 2.75) is 110 Å². The number of carbonyl (C=O) groups excluding carboxylic acids is 1. The summed E-state index contributed by atoms with van der Waals surface area (Å²) in [6, 6.07) is 7.75. The number of benzene rings is 1. The maximum Gasteiger partial charge on any atom is 0.255 e. The van der Waals surface area contributed by atoms with Gasteiger partial charge < -0.3 is 11.1 Å². The van der Waals surface area contributed by atoms with Gasteiger partial charge >= 0.3 is 0 Å². The van der Waals surface area contributed by atoms with Crippen molar-refractivity contribution in [1.82, 2.24) is 5.32 Å². The summed E-state index contributed by atoms with van der Waals surface area (Å²) in [4.78, 5) is 12.2. The molecule has 0 aromatic heterocycles. The molecule has 0 aliphatic heterocycles. The van der Waals surface area contributed by atoms with Crippen molar-refractivity contribution in [2.75, 3.05) is 0 Å². The lowest BCUT2D eigenvalue weighted by molar-refractivity contribution is 0.0967. The molecule has 4 heteroatoms. The number of amidine groups is 1. The molecule has 0 saturated carbocycles. The number of allylic oxidation sites excluding steroid dienone is 1. The number of rotatable bonds is 18. The third-order valence-electron chi connectivity index (χ3n) is 5.86. The lowest BCUT2D eigenvalue weighted by atomic mass is 10.0. The van der Waals surface area contributed by atoms with E-state index in [4.69, 9.17) is 11.1 Å². The van der Waals surface area contributed by atoms with Gasteiger partial charge in [0.15, 0.2) is 0 Å². The zero-order valence-corrected chi connectivity index (χ0v) is 20.0. The molecule has 0 spiro atoms. The van der Waals surface area contributed by atoms with Gasteiger partial charge in [-0.05, 0) is 37.5 Å². The molecule has 4 nitrogen and oxygen atoms in total. The summed E-state index contributed by atoms with van der Waals surface area (Å²) in [6.07, 6.45) is 21.9. The zero-order chi connectivity index (χ0) is 22.7. The molecule has 0 atom stereocenters. The number of amides is 1. The molecular weight excluding hydrogens is 382 g/mol. The van der Waals surface area contributed by atoms with Crippen LogP contribution in [0, 0.1) is 5.41 Å². The molecule has 0 heterocycles. The molecule has 0 aliphatic carbocycles. The standard InChI is InChI=1S/C27H45N3O/c1-3-5-6-7-8-9-10-11-12-13-14-15-16-17-18-23-19-21-24(22-20-23)27(31)30-25(4-2)26(28)29/h4,19-22H,3,5-18H2,1-2H3,(H3,28,29)(H,30,31)/b25-4+. The Morgan fingerprint density at radius 2 is 1.29 bits per heavy atom. The highest BCUT2D eigenvalue weighted by molar-refractivity contribution is 6.03. The van der Waals surface area contributed by atoms with Gasteiger partial charge in [-0.2, -0.15) is 0 Å². The molecule has 4 N–H and O–H groups in total. The van der Waals surface area contributed by atoms with Crippen LogP contribution >= 0.6 is 0 Å². The van der Waals surface area contributed by atoms with Crippen LogP contribution < -0.4 is 11.1 Å². The lowest BCUT2D eigenvalue weighted by Gasteiger charge is -2.08. The van der Waals surface area contributed by atoms with Crippen molar-refractivity contribution in [1.29, 1.82) is 5.41 Å². The summed E-state index contributed by atoms with van der Waals surface area (Å²) in [6.45, 7) is 4.02. The van der Waals surface area contributed by atoms with E-state index in [0.717, 1.165) is 6.42 Å². The minimum atomic E-state index is -0.230. The van der Waals surface area contributed by atoms with Gasteiger partial charge in [-0.3, -0.25) is 10.2 Å². The first-order valence-electron chi connectivity index (χ1n) is 12.5. The molecule has 174 valence electrons. The second-order valence-electron chi connectivity index (χ2n) is 8.61. The van der Waals surface area contributed by atoms with Crippen LogP contribution in [0.3, 0.4) is 0 Å². The fourth-order valence-electron chi connectivity index (χ4n) is 3.84. The molecule has 31 heavy (non-hydrogen) atoms. The van der Waals surface area contributed by atoms with Crippen LogP contribution in [0.4, 0.5) is 0 Å². The average molecular weight is 428 g/mol. The number of nitrogens with two attached hydrogens (primary N) is 1. The fourth-order valence-corrected chi connectivity index (χ4v) is 3.84. The average Bonchev–Trinajstić information content (AvgIpc) is 2.77. The van der Waals surface area contributed by atoms with Gasteiger partial charge in [-0.15, -0.1) is 0 Å². The predicted octanol–water partition coefficient (Wildman–Crippen LogP) is 7.28. The highest BCUT2D eigenvalue weighted by Gasteiger charge is 2.09.